The molecule has 0 bridgehead atoms. The molecule has 1 fully saturated rings. The van der Waals surface area contributed by atoms with Gasteiger partial charge in [-0.2, -0.15) is 0 Å². The molecule has 0 spiro atoms. The molecule has 110 valence electrons. The SMILES string of the molecule is CCN1CCN(C(=S)c2cc(Cl)c(O)c(OC)c2)CC1. The zero-order chi connectivity index (χ0) is 14.7. The second kappa shape index (κ2) is 6.61. The highest BCUT2D eigenvalue weighted by Crippen LogP contribution is 2.35. The van der Waals surface area contributed by atoms with Crippen molar-refractivity contribution < 1.29 is 9.84 Å². The van der Waals surface area contributed by atoms with Gasteiger partial charge in [0.1, 0.15) is 4.99 Å². The Morgan fingerprint density at radius 1 is 1.35 bits per heavy atom. The molecule has 1 saturated heterocycles. The second-order valence-electron chi connectivity index (χ2n) is 4.74. The second-order valence-corrected chi connectivity index (χ2v) is 5.53. The van der Waals surface area contributed by atoms with Crippen LogP contribution >= 0.6 is 23.8 Å². The van der Waals surface area contributed by atoms with Crippen LogP contribution in [0.2, 0.25) is 5.02 Å². The summed E-state index contributed by atoms with van der Waals surface area (Å²) in [6.07, 6.45) is 0. The van der Waals surface area contributed by atoms with Crippen molar-refractivity contribution in [3.63, 3.8) is 0 Å². The van der Waals surface area contributed by atoms with Gasteiger partial charge in [0.15, 0.2) is 11.5 Å². The number of hydrogen-bond acceptors (Lipinski definition) is 4. The Hall–Kier alpha value is -1.04. The molecule has 1 aliphatic rings. The smallest absolute Gasteiger partial charge is 0.176 e. The molecule has 4 nitrogen and oxygen atoms in total. The summed E-state index contributed by atoms with van der Waals surface area (Å²) >= 11 is 11.5. The van der Waals surface area contributed by atoms with Crippen LogP contribution in [0.25, 0.3) is 0 Å². The highest BCUT2D eigenvalue weighted by molar-refractivity contribution is 7.80. The number of aromatic hydroxyl groups is 1. The summed E-state index contributed by atoms with van der Waals surface area (Å²) in [5, 5.41) is 10.0. The summed E-state index contributed by atoms with van der Waals surface area (Å²) in [6, 6.07) is 3.42. The Morgan fingerprint density at radius 2 is 2.00 bits per heavy atom. The number of halogens is 1. The number of likely N-dealkylation sites (N-methyl/N-ethyl adjacent to an activating group) is 1. The lowest BCUT2D eigenvalue weighted by molar-refractivity contribution is 0.192. The minimum atomic E-state index is -0.0449. The summed E-state index contributed by atoms with van der Waals surface area (Å²) in [5.74, 6) is 0.304. The molecule has 0 aliphatic carbocycles. The molecular formula is C14H19ClN2O2S. The molecule has 1 N–H and O–H groups in total. The van der Waals surface area contributed by atoms with Crippen molar-refractivity contribution in [3.8, 4) is 11.5 Å². The normalized spacial score (nSPS) is 16.2. The van der Waals surface area contributed by atoms with Gasteiger partial charge in [0.2, 0.25) is 0 Å². The predicted molar refractivity (Wildman–Crippen MR) is 85.1 cm³/mol. The van der Waals surface area contributed by atoms with Crippen molar-refractivity contribution in [1.82, 2.24) is 9.80 Å². The van der Waals surface area contributed by atoms with Crippen LogP contribution in [0.1, 0.15) is 12.5 Å². The quantitative estimate of drug-likeness (QED) is 0.867. The van der Waals surface area contributed by atoms with E-state index in [4.69, 9.17) is 28.6 Å². The first-order valence-corrected chi connectivity index (χ1v) is 7.43. The third-order valence-corrected chi connectivity index (χ3v) is 4.38. The summed E-state index contributed by atoms with van der Waals surface area (Å²) in [4.78, 5) is 5.31. The maximum absolute atomic E-state index is 9.76. The lowest BCUT2D eigenvalue weighted by atomic mass is 10.1. The van der Waals surface area contributed by atoms with Crippen molar-refractivity contribution in [1.29, 1.82) is 0 Å². The van der Waals surface area contributed by atoms with Gasteiger partial charge in [-0.05, 0) is 18.7 Å². The summed E-state index contributed by atoms with van der Waals surface area (Å²) in [5.41, 5.74) is 0.810. The number of benzene rings is 1. The first-order chi connectivity index (χ1) is 9.56. The number of phenolic OH excluding ortho intramolecular Hbond substituents is 1. The Bertz CT molecular complexity index is 502. The highest BCUT2D eigenvalue weighted by atomic mass is 35.5. The van der Waals surface area contributed by atoms with Crippen LogP contribution in [0.15, 0.2) is 12.1 Å². The molecule has 0 unspecified atom stereocenters. The molecule has 20 heavy (non-hydrogen) atoms. The molecule has 1 aliphatic heterocycles. The molecule has 6 heteroatoms. The number of phenols is 1. The molecular weight excluding hydrogens is 296 g/mol. The number of piperazine rings is 1. The highest BCUT2D eigenvalue weighted by Gasteiger charge is 2.20. The van der Waals surface area contributed by atoms with E-state index in [1.807, 2.05) is 0 Å². The molecule has 2 rings (SSSR count). The van der Waals surface area contributed by atoms with Crippen LogP contribution in [0.5, 0.6) is 11.5 Å². The van der Waals surface area contributed by atoms with E-state index in [0.29, 0.717) is 5.75 Å². The van der Waals surface area contributed by atoms with Gasteiger partial charge in [-0.15, -0.1) is 0 Å². The lowest BCUT2D eigenvalue weighted by Gasteiger charge is -2.35. The van der Waals surface area contributed by atoms with Gasteiger partial charge < -0.3 is 19.6 Å². The van der Waals surface area contributed by atoms with Crippen LogP contribution in [0.4, 0.5) is 0 Å². The fourth-order valence-corrected chi connectivity index (χ4v) is 2.81. The van der Waals surface area contributed by atoms with Gasteiger partial charge in [-0.25, -0.2) is 0 Å². The molecule has 0 amide bonds. The fraction of sp³-hybridized carbons (Fsp3) is 0.500. The molecule has 1 heterocycles. The summed E-state index contributed by atoms with van der Waals surface area (Å²) in [6.45, 7) is 7.08. The van der Waals surface area contributed by atoms with Gasteiger partial charge in [-0.1, -0.05) is 30.7 Å². The van der Waals surface area contributed by atoms with E-state index >= 15 is 0 Å². The van der Waals surface area contributed by atoms with Crippen LogP contribution in [-0.2, 0) is 0 Å². The standard InChI is InChI=1S/C14H19ClN2O2S/c1-3-16-4-6-17(7-5-16)14(20)10-8-11(15)13(18)12(9-10)19-2/h8-9,18H,3-7H2,1-2H3. The van der Waals surface area contributed by atoms with Crippen molar-refractivity contribution in [2.45, 2.75) is 6.92 Å². The number of methoxy groups -OCH3 is 1. The number of ether oxygens (including phenoxy) is 1. The third kappa shape index (κ3) is 3.16. The Kier molecular flexibility index (Phi) is 5.07. The molecule has 1 aromatic rings. The summed E-state index contributed by atoms with van der Waals surface area (Å²) < 4.78 is 5.12. The minimum absolute atomic E-state index is 0.0449. The third-order valence-electron chi connectivity index (χ3n) is 3.60. The first kappa shape index (κ1) is 15.4. The van der Waals surface area contributed by atoms with E-state index in [-0.39, 0.29) is 10.8 Å². The Balaban J connectivity index is 2.15. The largest absolute Gasteiger partial charge is 0.503 e. The van der Waals surface area contributed by atoms with Gasteiger partial charge in [0.05, 0.1) is 12.1 Å². The van der Waals surface area contributed by atoms with E-state index in [9.17, 15) is 5.11 Å². The van der Waals surface area contributed by atoms with E-state index in [1.54, 1.807) is 12.1 Å². The minimum Gasteiger partial charge on any atom is -0.503 e. The monoisotopic (exact) mass is 314 g/mol. The summed E-state index contributed by atoms with van der Waals surface area (Å²) in [7, 11) is 1.50. The molecule has 0 saturated carbocycles. The van der Waals surface area contributed by atoms with Crippen LogP contribution in [0.3, 0.4) is 0 Å². The van der Waals surface area contributed by atoms with Gasteiger partial charge in [0.25, 0.3) is 0 Å². The van der Waals surface area contributed by atoms with E-state index < -0.39 is 0 Å². The fourth-order valence-electron chi connectivity index (χ4n) is 2.30. The number of thiocarbonyl (C=S) groups is 1. The van der Waals surface area contributed by atoms with E-state index in [2.05, 4.69) is 16.7 Å². The lowest BCUT2D eigenvalue weighted by Crippen LogP contribution is -2.48. The first-order valence-electron chi connectivity index (χ1n) is 6.65. The number of rotatable bonds is 3. The topological polar surface area (TPSA) is 35.9 Å². The zero-order valence-corrected chi connectivity index (χ0v) is 13.3. The molecule has 1 aromatic carbocycles. The Morgan fingerprint density at radius 3 is 2.55 bits per heavy atom. The van der Waals surface area contributed by atoms with Crippen molar-refractivity contribution in [2.75, 3.05) is 39.8 Å². The van der Waals surface area contributed by atoms with Gasteiger partial charge >= 0.3 is 0 Å². The Labute approximate surface area is 129 Å². The predicted octanol–water partition coefficient (Wildman–Crippen LogP) is 2.37. The average Bonchev–Trinajstić information content (AvgIpc) is 2.49. The van der Waals surface area contributed by atoms with Gasteiger partial charge in [-0.3, -0.25) is 0 Å². The number of hydrogen-bond donors (Lipinski definition) is 1. The molecule has 0 aromatic heterocycles. The van der Waals surface area contributed by atoms with E-state index in [1.165, 1.54) is 7.11 Å². The van der Waals surface area contributed by atoms with Crippen molar-refractivity contribution in [2.24, 2.45) is 0 Å². The average molecular weight is 315 g/mol. The maximum Gasteiger partial charge on any atom is 0.176 e. The van der Waals surface area contributed by atoms with Crippen molar-refractivity contribution in [3.05, 3.63) is 22.7 Å². The van der Waals surface area contributed by atoms with Crippen molar-refractivity contribution >= 4 is 28.8 Å². The number of nitrogens with zero attached hydrogens (tertiary/aromatic N) is 2. The van der Waals surface area contributed by atoms with Crippen LogP contribution in [-0.4, -0.2) is 59.7 Å². The van der Waals surface area contributed by atoms with Crippen LogP contribution in [0, 0.1) is 0 Å². The molecule has 0 radical (unpaired) electrons. The van der Waals surface area contributed by atoms with Crippen LogP contribution < -0.4 is 4.74 Å². The maximum atomic E-state index is 9.76. The van der Waals surface area contributed by atoms with Gasteiger partial charge in [0, 0.05) is 31.7 Å². The van der Waals surface area contributed by atoms with E-state index in [0.717, 1.165) is 43.3 Å². The zero-order valence-electron chi connectivity index (χ0n) is 11.7. The molecule has 0 atom stereocenters.